The summed E-state index contributed by atoms with van der Waals surface area (Å²) in [7, 11) is 0. The summed E-state index contributed by atoms with van der Waals surface area (Å²) in [6.07, 6.45) is 1.37. The van der Waals surface area contributed by atoms with Gasteiger partial charge < -0.3 is 20.1 Å². The maximum atomic E-state index is 11.9. The van der Waals surface area contributed by atoms with Crippen molar-refractivity contribution >= 4 is 23.5 Å². The van der Waals surface area contributed by atoms with Gasteiger partial charge in [-0.2, -0.15) is 0 Å². The highest BCUT2D eigenvalue weighted by Gasteiger charge is 2.24. The van der Waals surface area contributed by atoms with Crippen LogP contribution in [0.3, 0.4) is 0 Å². The first-order chi connectivity index (χ1) is 11.4. The number of aliphatic carboxylic acids is 1. The van der Waals surface area contributed by atoms with E-state index in [-0.39, 0.29) is 18.4 Å². The fourth-order valence-electron chi connectivity index (χ4n) is 2.54. The average molecular weight is 334 g/mol. The van der Waals surface area contributed by atoms with E-state index in [0.717, 1.165) is 12.1 Å². The first-order valence-corrected chi connectivity index (χ1v) is 7.94. The van der Waals surface area contributed by atoms with Crippen molar-refractivity contribution in [1.29, 1.82) is 0 Å². The third-order valence-corrected chi connectivity index (χ3v) is 3.82. The largest absolute Gasteiger partial charge is 0.484 e. The summed E-state index contributed by atoms with van der Waals surface area (Å²) in [6.45, 7) is 3.83. The number of carboxylic acid groups (broad SMARTS) is 1. The molecule has 0 spiro atoms. The van der Waals surface area contributed by atoms with Crippen LogP contribution in [0.2, 0.25) is 0 Å². The second-order valence-electron chi connectivity index (χ2n) is 6.06. The molecule has 0 aliphatic carbocycles. The number of hydrogen-bond acceptors (Lipinski definition) is 4. The first kappa shape index (κ1) is 17.8. The number of carbonyl (C=O) groups is 3. The molecule has 1 fully saturated rings. The molecule has 2 amide bonds. The van der Waals surface area contributed by atoms with Gasteiger partial charge in [-0.15, -0.1) is 0 Å². The summed E-state index contributed by atoms with van der Waals surface area (Å²) >= 11 is 0. The molecule has 2 rings (SSSR count). The van der Waals surface area contributed by atoms with Crippen LogP contribution >= 0.6 is 0 Å². The first-order valence-electron chi connectivity index (χ1n) is 7.94. The lowest BCUT2D eigenvalue weighted by Gasteiger charge is -2.19. The third-order valence-electron chi connectivity index (χ3n) is 3.82. The Morgan fingerprint density at radius 1 is 1.38 bits per heavy atom. The predicted molar refractivity (Wildman–Crippen MR) is 87.9 cm³/mol. The molecule has 2 N–H and O–H groups in total. The maximum Gasteiger partial charge on any atom is 0.326 e. The summed E-state index contributed by atoms with van der Waals surface area (Å²) in [5, 5.41) is 11.5. The second-order valence-corrected chi connectivity index (χ2v) is 6.06. The summed E-state index contributed by atoms with van der Waals surface area (Å²) in [6, 6.07) is 6.01. The Labute approximate surface area is 140 Å². The molecule has 1 aliphatic heterocycles. The van der Waals surface area contributed by atoms with Crippen molar-refractivity contribution in [3.8, 4) is 5.75 Å². The number of nitrogens with one attached hydrogen (secondary N) is 1. The van der Waals surface area contributed by atoms with Gasteiger partial charge in [-0.1, -0.05) is 19.9 Å². The van der Waals surface area contributed by atoms with Crippen molar-refractivity contribution in [2.75, 3.05) is 18.1 Å². The van der Waals surface area contributed by atoms with Crippen LogP contribution in [0.15, 0.2) is 24.3 Å². The molecule has 24 heavy (non-hydrogen) atoms. The monoisotopic (exact) mass is 334 g/mol. The van der Waals surface area contributed by atoms with Crippen molar-refractivity contribution in [2.24, 2.45) is 5.92 Å². The fourth-order valence-corrected chi connectivity index (χ4v) is 2.54. The van der Waals surface area contributed by atoms with E-state index in [4.69, 9.17) is 9.84 Å². The Balaban J connectivity index is 1.93. The zero-order chi connectivity index (χ0) is 17.7. The molecule has 1 aromatic carbocycles. The number of carbonyl (C=O) groups excluding carboxylic acids is 2. The van der Waals surface area contributed by atoms with Gasteiger partial charge in [0.1, 0.15) is 11.8 Å². The Morgan fingerprint density at radius 2 is 2.12 bits per heavy atom. The lowest BCUT2D eigenvalue weighted by molar-refractivity contribution is -0.143. The smallest absolute Gasteiger partial charge is 0.326 e. The molecular weight excluding hydrogens is 312 g/mol. The average Bonchev–Trinajstić information content (AvgIpc) is 2.96. The van der Waals surface area contributed by atoms with Crippen molar-refractivity contribution in [2.45, 2.75) is 32.7 Å². The molecule has 0 saturated carbocycles. The van der Waals surface area contributed by atoms with Gasteiger partial charge in [0.2, 0.25) is 5.91 Å². The molecule has 0 unspecified atom stereocenters. The molecule has 1 aliphatic rings. The number of rotatable bonds is 7. The van der Waals surface area contributed by atoms with Crippen LogP contribution in [-0.4, -0.2) is 42.1 Å². The number of carboxylic acids is 1. The van der Waals surface area contributed by atoms with Crippen molar-refractivity contribution in [1.82, 2.24) is 5.32 Å². The molecular formula is C17H22N2O5. The van der Waals surface area contributed by atoms with Crippen LogP contribution in [0.25, 0.3) is 0 Å². The zero-order valence-electron chi connectivity index (χ0n) is 13.8. The Morgan fingerprint density at radius 3 is 2.71 bits per heavy atom. The van der Waals surface area contributed by atoms with E-state index >= 15 is 0 Å². The number of hydrogen-bond donors (Lipinski definition) is 2. The number of anilines is 1. The minimum absolute atomic E-state index is 0.0751. The summed E-state index contributed by atoms with van der Waals surface area (Å²) in [5.74, 6) is -1.27. The number of ether oxygens (including phenoxy) is 1. The van der Waals surface area contributed by atoms with E-state index in [9.17, 15) is 14.4 Å². The molecule has 7 nitrogen and oxygen atoms in total. The maximum absolute atomic E-state index is 11.9. The van der Waals surface area contributed by atoms with Crippen LogP contribution in [-0.2, 0) is 14.4 Å². The van der Waals surface area contributed by atoms with Crippen LogP contribution in [0.1, 0.15) is 26.7 Å². The highest BCUT2D eigenvalue weighted by atomic mass is 16.5. The fraction of sp³-hybridized carbons (Fsp3) is 0.471. The third kappa shape index (κ3) is 4.47. The summed E-state index contributed by atoms with van der Waals surface area (Å²) in [4.78, 5) is 36.4. The van der Waals surface area contributed by atoms with Gasteiger partial charge >= 0.3 is 5.97 Å². The summed E-state index contributed by atoms with van der Waals surface area (Å²) in [5.41, 5.74) is 0.737. The summed E-state index contributed by atoms with van der Waals surface area (Å²) < 4.78 is 5.42. The van der Waals surface area contributed by atoms with Gasteiger partial charge in [0.05, 0.1) is 0 Å². The standard InChI is InChI=1S/C17H22N2O5/c1-11(2)16(17(22)23)18-14(20)10-24-13-6-3-5-12(9-13)19-8-4-7-15(19)21/h3,5-6,9,11,16H,4,7-8,10H2,1-2H3,(H,18,20)(H,22,23)/t16-/m0/s1. The van der Waals surface area contributed by atoms with Gasteiger partial charge in [-0.25, -0.2) is 4.79 Å². The predicted octanol–water partition coefficient (Wildman–Crippen LogP) is 1.42. The minimum Gasteiger partial charge on any atom is -0.484 e. The number of benzene rings is 1. The highest BCUT2D eigenvalue weighted by Crippen LogP contribution is 2.25. The number of nitrogens with zero attached hydrogens (tertiary/aromatic N) is 1. The van der Waals surface area contributed by atoms with Crippen molar-refractivity contribution in [3.63, 3.8) is 0 Å². The highest BCUT2D eigenvalue weighted by molar-refractivity contribution is 5.95. The van der Waals surface area contributed by atoms with Crippen LogP contribution < -0.4 is 15.0 Å². The van der Waals surface area contributed by atoms with Gasteiger partial charge in [0, 0.05) is 24.7 Å². The Hall–Kier alpha value is -2.57. The van der Waals surface area contributed by atoms with Crippen LogP contribution in [0.4, 0.5) is 5.69 Å². The van der Waals surface area contributed by atoms with Gasteiger partial charge in [-0.3, -0.25) is 9.59 Å². The molecule has 1 heterocycles. The topological polar surface area (TPSA) is 95.9 Å². The minimum atomic E-state index is -1.08. The van der Waals surface area contributed by atoms with Crippen LogP contribution in [0, 0.1) is 5.92 Å². The molecule has 1 atom stereocenters. The normalized spacial score (nSPS) is 15.5. The molecule has 1 saturated heterocycles. The molecule has 0 radical (unpaired) electrons. The van der Waals surface area contributed by atoms with E-state index in [2.05, 4.69) is 5.32 Å². The zero-order valence-corrected chi connectivity index (χ0v) is 13.8. The van der Waals surface area contributed by atoms with Gasteiger partial charge in [0.15, 0.2) is 6.61 Å². The Bertz CT molecular complexity index is 629. The lowest BCUT2D eigenvalue weighted by Crippen LogP contribution is -2.46. The molecule has 130 valence electrons. The molecule has 1 aromatic rings. The second kappa shape index (κ2) is 7.81. The van der Waals surface area contributed by atoms with Gasteiger partial charge in [-0.05, 0) is 24.5 Å². The molecule has 7 heteroatoms. The van der Waals surface area contributed by atoms with E-state index in [0.29, 0.717) is 18.7 Å². The van der Waals surface area contributed by atoms with E-state index in [1.165, 1.54) is 0 Å². The quantitative estimate of drug-likeness (QED) is 0.786. The van der Waals surface area contributed by atoms with Crippen molar-refractivity contribution in [3.05, 3.63) is 24.3 Å². The van der Waals surface area contributed by atoms with Crippen molar-refractivity contribution < 1.29 is 24.2 Å². The lowest BCUT2D eigenvalue weighted by atomic mass is 10.1. The van der Waals surface area contributed by atoms with E-state index in [1.54, 1.807) is 36.9 Å². The molecule has 0 aromatic heterocycles. The SMILES string of the molecule is CC(C)[C@H](NC(=O)COc1cccc(N2CCCC2=O)c1)C(=O)O. The van der Waals surface area contributed by atoms with Gasteiger partial charge in [0.25, 0.3) is 5.91 Å². The van der Waals surface area contributed by atoms with E-state index in [1.807, 2.05) is 6.07 Å². The van der Waals surface area contributed by atoms with Crippen LogP contribution in [0.5, 0.6) is 5.75 Å². The van der Waals surface area contributed by atoms with E-state index < -0.39 is 17.9 Å². The molecule has 0 bridgehead atoms. The number of amides is 2. The Kier molecular flexibility index (Phi) is 5.78.